The highest BCUT2D eigenvalue weighted by atomic mass is 32.2. The lowest BCUT2D eigenvalue weighted by atomic mass is 10.6. The van der Waals surface area contributed by atoms with E-state index in [1.807, 2.05) is 13.2 Å². The van der Waals surface area contributed by atoms with Crippen LogP contribution in [-0.2, 0) is 0 Å². The average Bonchev–Trinajstić information content (AvgIpc) is 2.69. The van der Waals surface area contributed by atoms with Crippen LogP contribution in [0, 0.1) is 0 Å². The summed E-state index contributed by atoms with van der Waals surface area (Å²) < 4.78 is 4.95. The molecule has 0 spiro atoms. The van der Waals surface area contributed by atoms with Crippen LogP contribution in [0.3, 0.4) is 0 Å². The van der Waals surface area contributed by atoms with Crippen LogP contribution in [0.25, 0.3) is 10.3 Å². The molecule has 0 aromatic carbocycles. The van der Waals surface area contributed by atoms with Crippen molar-refractivity contribution in [3.63, 3.8) is 0 Å². The minimum Gasteiger partial charge on any atom is -0.467 e. The Morgan fingerprint density at radius 3 is 3.00 bits per heavy atom. The van der Waals surface area contributed by atoms with E-state index in [0.29, 0.717) is 11.1 Å². The Morgan fingerprint density at radius 2 is 2.31 bits per heavy atom. The SMILES string of the molecule is COc1ncc2nc(N=C(C)SC)sc2n1. The topological polar surface area (TPSA) is 60.3 Å². The Balaban J connectivity index is 2.44. The number of ether oxygens (including phenoxy) is 1. The number of aromatic nitrogens is 3. The molecule has 0 aliphatic rings. The predicted molar refractivity (Wildman–Crippen MR) is 68.0 cm³/mol. The van der Waals surface area contributed by atoms with E-state index in [1.165, 1.54) is 11.3 Å². The largest absolute Gasteiger partial charge is 0.467 e. The number of rotatable bonds is 2. The Labute approximate surface area is 101 Å². The third-order valence-corrected chi connectivity index (χ3v) is 3.39. The van der Waals surface area contributed by atoms with E-state index in [9.17, 15) is 0 Å². The Morgan fingerprint density at radius 1 is 1.50 bits per heavy atom. The maximum Gasteiger partial charge on any atom is 0.317 e. The van der Waals surface area contributed by atoms with E-state index in [1.54, 1.807) is 25.1 Å². The summed E-state index contributed by atoms with van der Waals surface area (Å²) in [5.41, 5.74) is 0.749. The number of fused-ring (bicyclic) bond motifs is 1. The lowest BCUT2D eigenvalue weighted by Crippen LogP contribution is -1.89. The minimum atomic E-state index is 0.355. The molecule has 2 aromatic rings. The van der Waals surface area contributed by atoms with Gasteiger partial charge in [-0.15, -0.1) is 11.8 Å². The molecule has 84 valence electrons. The Bertz CT molecular complexity index is 537. The third-order valence-electron chi connectivity index (χ3n) is 1.85. The van der Waals surface area contributed by atoms with Crippen molar-refractivity contribution in [3.8, 4) is 6.01 Å². The molecule has 0 radical (unpaired) electrons. The lowest BCUT2D eigenvalue weighted by molar-refractivity contribution is 0.382. The van der Waals surface area contributed by atoms with Gasteiger partial charge in [-0.2, -0.15) is 4.98 Å². The highest BCUT2D eigenvalue weighted by Gasteiger charge is 2.06. The Kier molecular flexibility index (Phi) is 3.35. The quantitative estimate of drug-likeness (QED) is 0.608. The summed E-state index contributed by atoms with van der Waals surface area (Å²) in [6.07, 6.45) is 3.63. The van der Waals surface area contributed by atoms with Crippen LogP contribution in [0.5, 0.6) is 6.01 Å². The van der Waals surface area contributed by atoms with Crippen molar-refractivity contribution in [2.45, 2.75) is 6.92 Å². The fraction of sp³-hybridized carbons (Fsp3) is 0.333. The van der Waals surface area contributed by atoms with Crippen LogP contribution < -0.4 is 4.74 Å². The standard InChI is InChI=1S/C9H10N4OS2/c1-5(15-3)11-9-12-6-4-10-8(14-2)13-7(6)16-9/h4H,1-3H3. The third kappa shape index (κ3) is 2.30. The smallest absolute Gasteiger partial charge is 0.317 e. The zero-order chi connectivity index (χ0) is 11.5. The van der Waals surface area contributed by atoms with Gasteiger partial charge in [0.25, 0.3) is 0 Å². The normalized spacial score (nSPS) is 12.1. The number of thiazole rings is 1. The fourth-order valence-electron chi connectivity index (χ4n) is 1.04. The molecule has 0 saturated heterocycles. The summed E-state index contributed by atoms with van der Waals surface area (Å²) in [4.78, 5) is 17.6. The first-order chi connectivity index (χ1) is 7.72. The fourth-order valence-corrected chi connectivity index (χ4v) is 2.10. The molecular formula is C9H10N4OS2. The van der Waals surface area contributed by atoms with Gasteiger partial charge in [-0.25, -0.2) is 15.0 Å². The van der Waals surface area contributed by atoms with Gasteiger partial charge in [-0.05, 0) is 13.2 Å². The first-order valence-corrected chi connectivity index (χ1v) is 6.54. The second-order valence-electron chi connectivity index (χ2n) is 2.88. The van der Waals surface area contributed by atoms with E-state index in [-0.39, 0.29) is 0 Å². The molecule has 0 aliphatic carbocycles. The van der Waals surface area contributed by atoms with E-state index in [4.69, 9.17) is 4.74 Å². The van der Waals surface area contributed by atoms with Crippen LogP contribution in [0.1, 0.15) is 6.92 Å². The molecular weight excluding hydrogens is 244 g/mol. The number of aliphatic imine (C=N–C) groups is 1. The molecule has 0 amide bonds. The summed E-state index contributed by atoms with van der Waals surface area (Å²) in [6.45, 7) is 1.95. The molecule has 16 heavy (non-hydrogen) atoms. The maximum absolute atomic E-state index is 4.95. The van der Waals surface area contributed by atoms with Gasteiger partial charge in [0.2, 0.25) is 5.13 Å². The number of methoxy groups -OCH3 is 1. The van der Waals surface area contributed by atoms with Gasteiger partial charge >= 0.3 is 6.01 Å². The van der Waals surface area contributed by atoms with Crippen molar-refractivity contribution in [2.75, 3.05) is 13.4 Å². The maximum atomic E-state index is 4.95. The minimum absolute atomic E-state index is 0.355. The molecule has 2 rings (SSSR count). The molecule has 0 fully saturated rings. The number of thioether (sulfide) groups is 1. The average molecular weight is 254 g/mol. The van der Waals surface area contributed by atoms with Crippen molar-refractivity contribution >= 4 is 43.6 Å². The van der Waals surface area contributed by atoms with Gasteiger partial charge in [0.15, 0.2) is 4.83 Å². The number of hydrogen-bond acceptors (Lipinski definition) is 7. The van der Waals surface area contributed by atoms with Crippen molar-refractivity contribution in [1.82, 2.24) is 15.0 Å². The van der Waals surface area contributed by atoms with Gasteiger partial charge in [0.1, 0.15) is 5.52 Å². The van der Waals surface area contributed by atoms with Gasteiger partial charge in [0, 0.05) is 0 Å². The molecule has 0 aliphatic heterocycles. The molecule has 0 saturated carbocycles. The van der Waals surface area contributed by atoms with Gasteiger partial charge in [-0.1, -0.05) is 11.3 Å². The van der Waals surface area contributed by atoms with Crippen LogP contribution in [0.4, 0.5) is 5.13 Å². The highest BCUT2D eigenvalue weighted by Crippen LogP contribution is 2.27. The monoisotopic (exact) mass is 254 g/mol. The second kappa shape index (κ2) is 4.75. The van der Waals surface area contributed by atoms with E-state index < -0.39 is 0 Å². The summed E-state index contributed by atoms with van der Waals surface area (Å²) in [6, 6.07) is 0.355. The van der Waals surface area contributed by atoms with Crippen molar-refractivity contribution < 1.29 is 4.74 Å². The van der Waals surface area contributed by atoms with Crippen molar-refractivity contribution in [2.24, 2.45) is 4.99 Å². The molecule has 0 N–H and O–H groups in total. The molecule has 0 unspecified atom stereocenters. The van der Waals surface area contributed by atoms with E-state index in [0.717, 1.165) is 15.4 Å². The van der Waals surface area contributed by atoms with Gasteiger partial charge < -0.3 is 4.74 Å². The van der Waals surface area contributed by atoms with Crippen LogP contribution >= 0.6 is 23.1 Å². The molecule has 2 heterocycles. The van der Waals surface area contributed by atoms with Crippen molar-refractivity contribution in [3.05, 3.63) is 6.20 Å². The first kappa shape index (κ1) is 11.3. The summed E-state index contributed by atoms with van der Waals surface area (Å²) in [5, 5.41) is 1.67. The lowest BCUT2D eigenvalue weighted by Gasteiger charge is -1.93. The van der Waals surface area contributed by atoms with Crippen LogP contribution in [0.2, 0.25) is 0 Å². The van der Waals surface area contributed by atoms with Crippen LogP contribution in [0.15, 0.2) is 11.2 Å². The van der Waals surface area contributed by atoms with Crippen LogP contribution in [-0.4, -0.2) is 33.4 Å². The summed E-state index contributed by atoms with van der Waals surface area (Å²) >= 11 is 3.02. The molecule has 2 aromatic heterocycles. The van der Waals surface area contributed by atoms with Crippen molar-refractivity contribution in [1.29, 1.82) is 0 Å². The number of hydrogen-bond donors (Lipinski definition) is 0. The zero-order valence-corrected chi connectivity index (χ0v) is 10.7. The second-order valence-corrected chi connectivity index (χ2v) is 4.83. The Hall–Kier alpha value is -1.21. The summed E-state index contributed by atoms with van der Waals surface area (Å²) in [7, 11) is 1.54. The molecule has 0 atom stereocenters. The summed E-state index contributed by atoms with van der Waals surface area (Å²) in [5.74, 6) is 0. The van der Waals surface area contributed by atoms with Gasteiger partial charge in [-0.3, -0.25) is 0 Å². The highest BCUT2D eigenvalue weighted by molar-refractivity contribution is 8.13. The predicted octanol–water partition coefficient (Wildman–Crippen LogP) is 2.51. The first-order valence-electron chi connectivity index (χ1n) is 4.50. The molecule has 5 nitrogen and oxygen atoms in total. The molecule has 7 heteroatoms. The van der Waals surface area contributed by atoms with E-state index >= 15 is 0 Å². The zero-order valence-electron chi connectivity index (χ0n) is 9.09. The number of nitrogens with zero attached hydrogens (tertiary/aromatic N) is 4. The molecule has 0 bridgehead atoms. The van der Waals surface area contributed by atoms with Gasteiger partial charge in [0.05, 0.1) is 18.4 Å². The van der Waals surface area contributed by atoms with E-state index in [2.05, 4.69) is 19.9 Å².